The van der Waals surface area contributed by atoms with Crippen LogP contribution in [0.25, 0.3) is 0 Å². The number of nitrogens with one attached hydrogen (secondary N) is 1. The zero-order chi connectivity index (χ0) is 18.4. The third-order valence-corrected chi connectivity index (χ3v) is 5.90. The Labute approximate surface area is 153 Å². The normalized spacial score (nSPS) is 19.6. The van der Waals surface area contributed by atoms with Gasteiger partial charge in [0.2, 0.25) is 0 Å². The molecule has 130 valence electrons. The van der Waals surface area contributed by atoms with E-state index >= 15 is 0 Å². The molecule has 0 bridgehead atoms. The number of amides is 1. The molecule has 2 aromatic rings. The van der Waals surface area contributed by atoms with Crippen LogP contribution in [0, 0.1) is 27.4 Å². The highest BCUT2D eigenvalue weighted by Gasteiger charge is 2.30. The van der Waals surface area contributed by atoms with Crippen molar-refractivity contribution in [3.05, 3.63) is 49.9 Å². The second kappa shape index (κ2) is 6.04. The second-order valence-electron chi connectivity index (χ2n) is 6.55. The topological polar surface area (TPSA) is 108 Å². The van der Waals surface area contributed by atoms with Gasteiger partial charge >= 0.3 is 0 Å². The molecule has 1 aliphatic carbocycles. The third kappa shape index (κ3) is 2.57. The average molecular weight is 366 g/mol. The van der Waals surface area contributed by atoms with E-state index in [0.717, 1.165) is 29.7 Å². The van der Waals surface area contributed by atoms with E-state index in [1.54, 1.807) is 0 Å². The van der Waals surface area contributed by atoms with E-state index in [4.69, 9.17) is 0 Å². The summed E-state index contributed by atoms with van der Waals surface area (Å²) in [6.45, 7) is 2.18. The molecule has 8 heteroatoms. The van der Waals surface area contributed by atoms with Crippen LogP contribution in [0.2, 0.25) is 0 Å². The monoisotopic (exact) mass is 366 g/mol. The molecule has 0 saturated carbocycles. The molecular weight excluding hydrogens is 352 g/mol. The lowest BCUT2D eigenvalue weighted by atomic mass is 9.89. The first-order valence-corrected chi connectivity index (χ1v) is 9.03. The molecule has 26 heavy (non-hydrogen) atoms. The van der Waals surface area contributed by atoms with Gasteiger partial charge in [-0.15, -0.1) is 11.3 Å². The van der Waals surface area contributed by atoms with Crippen LogP contribution in [0.15, 0.2) is 23.2 Å². The number of aliphatic imine (C=N–C) groups is 1. The predicted octanol–water partition coefficient (Wildman–Crippen LogP) is 3.73. The summed E-state index contributed by atoms with van der Waals surface area (Å²) in [6.07, 6.45) is 2.78. The maximum Gasteiger partial charge on any atom is 0.275 e. The molecule has 7 nitrogen and oxygen atoms in total. The number of nitriles is 1. The largest absolute Gasteiger partial charge is 0.320 e. The van der Waals surface area contributed by atoms with Crippen LogP contribution in [0.3, 0.4) is 0 Å². The molecule has 1 amide bonds. The Hall–Kier alpha value is -3.05. The molecule has 1 aliphatic heterocycles. The van der Waals surface area contributed by atoms with Crippen molar-refractivity contribution in [3.8, 4) is 6.07 Å². The molecule has 2 heterocycles. The quantitative estimate of drug-likeness (QED) is 0.645. The lowest BCUT2D eigenvalue weighted by Gasteiger charge is -2.17. The third-order valence-electron chi connectivity index (χ3n) is 4.75. The number of thiophene rings is 1. The van der Waals surface area contributed by atoms with Crippen molar-refractivity contribution in [2.75, 3.05) is 5.32 Å². The van der Waals surface area contributed by atoms with Crippen molar-refractivity contribution in [1.82, 2.24) is 0 Å². The Morgan fingerprint density at radius 3 is 3.00 bits per heavy atom. The smallest absolute Gasteiger partial charge is 0.275 e. The molecule has 1 aromatic carbocycles. The first kappa shape index (κ1) is 16.4. The Morgan fingerprint density at radius 2 is 2.27 bits per heavy atom. The number of nitro groups is 1. The number of anilines is 1. The number of hydrogen-bond acceptors (Lipinski definition) is 6. The van der Waals surface area contributed by atoms with E-state index in [1.165, 1.54) is 29.5 Å². The minimum atomic E-state index is -0.507. The average Bonchev–Trinajstić information content (AvgIpc) is 3.11. The SMILES string of the molecule is CC1CCc2c(sc(/N=C3\C(=O)Nc4ccc([N+](=O)[O-])cc43)c2C#N)C1. The van der Waals surface area contributed by atoms with E-state index in [9.17, 15) is 20.2 Å². The van der Waals surface area contributed by atoms with E-state index in [2.05, 4.69) is 23.3 Å². The number of carbonyl (C=O) groups excluding carboxylic acids is 1. The summed E-state index contributed by atoms with van der Waals surface area (Å²) in [5.74, 6) is 0.149. The summed E-state index contributed by atoms with van der Waals surface area (Å²) in [4.78, 5) is 28.5. The van der Waals surface area contributed by atoms with Crippen molar-refractivity contribution in [2.45, 2.75) is 26.2 Å². The van der Waals surface area contributed by atoms with Gasteiger partial charge in [0.05, 0.1) is 16.2 Å². The van der Waals surface area contributed by atoms with Crippen LogP contribution in [0.4, 0.5) is 16.4 Å². The molecule has 0 saturated heterocycles. The van der Waals surface area contributed by atoms with Gasteiger partial charge in [0, 0.05) is 22.6 Å². The molecular formula is C18H14N4O3S. The number of nitro benzene ring substituents is 1. The number of fused-ring (bicyclic) bond motifs is 2. The van der Waals surface area contributed by atoms with Crippen LogP contribution in [0.5, 0.6) is 0 Å². The zero-order valence-electron chi connectivity index (χ0n) is 13.9. The fourth-order valence-electron chi connectivity index (χ4n) is 3.40. The maximum absolute atomic E-state index is 12.3. The molecule has 0 fully saturated rings. The Morgan fingerprint density at radius 1 is 1.46 bits per heavy atom. The maximum atomic E-state index is 12.3. The van der Waals surface area contributed by atoms with Crippen LogP contribution < -0.4 is 5.32 Å². The summed E-state index contributed by atoms with van der Waals surface area (Å²) in [5.41, 5.74) is 2.46. The van der Waals surface area contributed by atoms with Crippen molar-refractivity contribution >= 4 is 39.3 Å². The number of nitrogens with zero attached hydrogens (tertiary/aromatic N) is 3. The van der Waals surface area contributed by atoms with Crippen molar-refractivity contribution in [2.24, 2.45) is 10.9 Å². The fraction of sp³-hybridized carbons (Fsp3) is 0.278. The van der Waals surface area contributed by atoms with E-state index in [-0.39, 0.29) is 11.4 Å². The standard InChI is InChI=1S/C18H14N4O3S/c1-9-2-4-11-13(8-19)18(26-15(11)6-9)21-16-12-7-10(22(24)25)3-5-14(12)20-17(16)23/h3,5,7,9H,2,4,6H2,1H3,(H,20,21,23). The van der Waals surface area contributed by atoms with E-state index in [1.807, 2.05) is 0 Å². The first-order chi connectivity index (χ1) is 12.5. The Kier molecular flexibility index (Phi) is 3.81. The summed E-state index contributed by atoms with van der Waals surface area (Å²) in [6, 6.07) is 6.41. The Bertz CT molecular complexity index is 1030. The summed E-state index contributed by atoms with van der Waals surface area (Å²) in [7, 11) is 0. The van der Waals surface area contributed by atoms with Crippen molar-refractivity contribution in [1.29, 1.82) is 5.26 Å². The molecule has 1 atom stereocenters. The molecule has 1 aromatic heterocycles. The summed E-state index contributed by atoms with van der Waals surface area (Å²) < 4.78 is 0. The van der Waals surface area contributed by atoms with Gasteiger partial charge in [-0.3, -0.25) is 14.9 Å². The minimum Gasteiger partial charge on any atom is -0.320 e. The highest BCUT2D eigenvalue weighted by Crippen LogP contribution is 2.41. The second-order valence-corrected chi connectivity index (χ2v) is 7.63. The van der Waals surface area contributed by atoms with Crippen LogP contribution in [0.1, 0.15) is 34.9 Å². The predicted molar refractivity (Wildman–Crippen MR) is 98.1 cm³/mol. The highest BCUT2D eigenvalue weighted by atomic mass is 32.1. The molecule has 0 spiro atoms. The molecule has 1 N–H and O–H groups in total. The van der Waals surface area contributed by atoms with Gasteiger partial charge < -0.3 is 5.32 Å². The molecule has 1 unspecified atom stereocenters. The highest BCUT2D eigenvalue weighted by molar-refractivity contribution is 7.16. The van der Waals surface area contributed by atoms with Gasteiger partial charge in [0.25, 0.3) is 11.6 Å². The van der Waals surface area contributed by atoms with Gasteiger partial charge in [-0.1, -0.05) is 6.92 Å². The molecule has 2 aliphatic rings. The fourth-order valence-corrected chi connectivity index (χ4v) is 4.73. The van der Waals surface area contributed by atoms with E-state index < -0.39 is 10.8 Å². The van der Waals surface area contributed by atoms with Crippen LogP contribution in [-0.4, -0.2) is 16.5 Å². The summed E-state index contributed by atoms with van der Waals surface area (Å²) >= 11 is 1.44. The van der Waals surface area contributed by atoms with Gasteiger partial charge in [0.15, 0.2) is 0 Å². The van der Waals surface area contributed by atoms with Crippen molar-refractivity contribution < 1.29 is 9.72 Å². The summed E-state index contributed by atoms with van der Waals surface area (Å²) in [5, 5.41) is 23.8. The number of benzene rings is 1. The van der Waals surface area contributed by atoms with Crippen LogP contribution >= 0.6 is 11.3 Å². The van der Waals surface area contributed by atoms with Gasteiger partial charge in [0.1, 0.15) is 16.8 Å². The van der Waals surface area contributed by atoms with E-state index in [0.29, 0.717) is 27.7 Å². The Balaban J connectivity index is 1.84. The first-order valence-electron chi connectivity index (χ1n) is 8.21. The molecule has 0 radical (unpaired) electrons. The number of hydrogen-bond donors (Lipinski definition) is 1. The van der Waals surface area contributed by atoms with Crippen molar-refractivity contribution in [3.63, 3.8) is 0 Å². The van der Waals surface area contributed by atoms with Crippen LogP contribution in [-0.2, 0) is 17.6 Å². The molecule has 4 rings (SSSR count). The van der Waals surface area contributed by atoms with Gasteiger partial charge in [-0.05, 0) is 36.8 Å². The zero-order valence-corrected chi connectivity index (χ0v) is 14.7. The number of rotatable bonds is 2. The minimum absolute atomic E-state index is 0.104. The lowest BCUT2D eigenvalue weighted by molar-refractivity contribution is -0.384. The van der Waals surface area contributed by atoms with Gasteiger partial charge in [-0.25, -0.2) is 4.99 Å². The number of carbonyl (C=O) groups is 1. The number of non-ortho nitro benzene ring substituents is 1. The lowest BCUT2D eigenvalue weighted by Crippen LogP contribution is -2.13. The van der Waals surface area contributed by atoms with Gasteiger partial charge in [-0.2, -0.15) is 5.26 Å².